The lowest BCUT2D eigenvalue weighted by atomic mass is 10.2. The number of nitrogens with zero attached hydrogens (tertiary/aromatic N) is 3. The van der Waals surface area contributed by atoms with Crippen molar-refractivity contribution < 1.29 is 0 Å². The van der Waals surface area contributed by atoms with E-state index in [1.54, 1.807) is 23.9 Å². The third kappa shape index (κ3) is 3.37. The first-order valence-electron chi connectivity index (χ1n) is 6.95. The SMILES string of the molecule is Cc1csc(C(C)NCc2ccc(-n3ccnc3)cc2)n1. The quantitative estimate of drug-likeness (QED) is 0.784. The summed E-state index contributed by atoms with van der Waals surface area (Å²) in [5.41, 5.74) is 3.48. The summed E-state index contributed by atoms with van der Waals surface area (Å²) in [5.74, 6) is 0. The average Bonchev–Trinajstić information content (AvgIpc) is 3.16. The summed E-state index contributed by atoms with van der Waals surface area (Å²) in [6, 6.07) is 8.77. The number of rotatable bonds is 5. The molecule has 1 unspecified atom stereocenters. The van der Waals surface area contributed by atoms with Crippen molar-refractivity contribution in [2.24, 2.45) is 0 Å². The fourth-order valence-corrected chi connectivity index (χ4v) is 2.96. The van der Waals surface area contributed by atoms with Gasteiger partial charge in [0.2, 0.25) is 0 Å². The number of nitrogens with one attached hydrogen (secondary N) is 1. The maximum Gasteiger partial charge on any atom is 0.110 e. The number of imidazole rings is 1. The first-order valence-corrected chi connectivity index (χ1v) is 7.83. The second-order valence-corrected chi connectivity index (χ2v) is 5.96. The topological polar surface area (TPSA) is 42.7 Å². The summed E-state index contributed by atoms with van der Waals surface area (Å²) >= 11 is 1.71. The van der Waals surface area contributed by atoms with Crippen LogP contribution in [-0.2, 0) is 6.54 Å². The molecule has 4 nitrogen and oxygen atoms in total. The molecule has 5 heteroatoms. The minimum absolute atomic E-state index is 0.275. The Morgan fingerprint density at radius 1 is 1.29 bits per heavy atom. The Balaban J connectivity index is 1.61. The maximum atomic E-state index is 4.52. The standard InChI is InChI=1S/C16H18N4S/c1-12-10-21-16(19-12)13(2)18-9-14-3-5-15(6-4-14)20-8-7-17-11-20/h3-8,10-11,13,18H,9H2,1-2H3. The van der Waals surface area contributed by atoms with Crippen molar-refractivity contribution >= 4 is 11.3 Å². The van der Waals surface area contributed by atoms with Crippen LogP contribution in [0.2, 0.25) is 0 Å². The van der Waals surface area contributed by atoms with Crippen molar-refractivity contribution in [1.29, 1.82) is 0 Å². The molecule has 0 bridgehead atoms. The molecular weight excluding hydrogens is 280 g/mol. The molecule has 0 saturated heterocycles. The molecule has 21 heavy (non-hydrogen) atoms. The van der Waals surface area contributed by atoms with E-state index >= 15 is 0 Å². The van der Waals surface area contributed by atoms with E-state index in [0.29, 0.717) is 0 Å². The lowest BCUT2D eigenvalue weighted by Gasteiger charge is -2.11. The zero-order chi connectivity index (χ0) is 14.7. The van der Waals surface area contributed by atoms with Gasteiger partial charge < -0.3 is 9.88 Å². The van der Waals surface area contributed by atoms with Crippen LogP contribution in [0.1, 0.15) is 29.2 Å². The first-order chi connectivity index (χ1) is 10.2. The lowest BCUT2D eigenvalue weighted by molar-refractivity contribution is 0.571. The van der Waals surface area contributed by atoms with Gasteiger partial charge >= 0.3 is 0 Å². The summed E-state index contributed by atoms with van der Waals surface area (Å²) in [5, 5.41) is 6.74. The van der Waals surface area contributed by atoms with Crippen molar-refractivity contribution in [2.75, 3.05) is 0 Å². The smallest absolute Gasteiger partial charge is 0.110 e. The summed E-state index contributed by atoms with van der Waals surface area (Å²) in [7, 11) is 0. The molecule has 1 atom stereocenters. The molecule has 1 aromatic carbocycles. The Labute approximate surface area is 128 Å². The van der Waals surface area contributed by atoms with Crippen molar-refractivity contribution in [1.82, 2.24) is 19.9 Å². The van der Waals surface area contributed by atoms with Gasteiger partial charge in [-0.25, -0.2) is 9.97 Å². The van der Waals surface area contributed by atoms with Gasteiger partial charge in [0.15, 0.2) is 0 Å². The Kier molecular flexibility index (Phi) is 4.13. The molecule has 0 amide bonds. The number of benzene rings is 1. The van der Waals surface area contributed by atoms with Crippen molar-refractivity contribution in [3.8, 4) is 5.69 Å². The molecule has 0 fully saturated rings. The Bertz CT molecular complexity index is 685. The number of hydrogen-bond acceptors (Lipinski definition) is 4. The van der Waals surface area contributed by atoms with Crippen LogP contribution in [0.3, 0.4) is 0 Å². The fourth-order valence-electron chi connectivity index (χ4n) is 2.13. The van der Waals surface area contributed by atoms with Crippen molar-refractivity contribution in [3.63, 3.8) is 0 Å². The van der Waals surface area contributed by atoms with Crippen molar-refractivity contribution in [2.45, 2.75) is 26.4 Å². The molecular formula is C16H18N4S. The van der Waals surface area contributed by atoms with Gasteiger partial charge in [0.25, 0.3) is 0 Å². The second kappa shape index (κ2) is 6.20. The normalized spacial score (nSPS) is 12.5. The van der Waals surface area contributed by atoms with E-state index in [2.05, 4.69) is 51.9 Å². The zero-order valence-electron chi connectivity index (χ0n) is 12.2. The van der Waals surface area contributed by atoms with Gasteiger partial charge in [-0.2, -0.15) is 0 Å². The van der Waals surface area contributed by atoms with Crippen LogP contribution >= 0.6 is 11.3 Å². The van der Waals surface area contributed by atoms with E-state index in [1.807, 2.05) is 17.7 Å². The number of hydrogen-bond donors (Lipinski definition) is 1. The molecule has 0 aliphatic heterocycles. The zero-order valence-corrected chi connectivity index (χ0v) is 13.0. The highest BCUT2D eigenvalue weighted by Crippen LogP contribution is 2.18. The van der Waals surface area contributed by atoms with E-state index in [9.17, 15) is 0 Å². The van der Waals surface area contributed by atoms with Crippen LogP contribution in [0.5, 0.6) is 0 Å². The van der Waals surface area contributed by atoms with E-state index in [-0.39, 0.29) is 6.04 Å². The summed E-state index contributed by atoms with van der Waals surface area (Å²) in [6.45, 7) is 5.02. The molecule has 0 spiro atoms. The number of aromatic nitrogens is 3. The Hall–Kier alpha value is -1.98. The molecule has 3 rings (SSSR count). The summed E-state index contributed by atoms with van der Waals surface area (Å²) in [6.07, 6.45) is 5.54. The minimum atomic E-state index is 0.275. The highest BCUT2D eigenvalue weighted by Gasteiger charge is 2.08. The van der Waals surface area contributed by atoms with Gasteiger partial charge in [-0.1, -0.05) is 12.1 Å². The minimum Gasteiger partial charge on any atom is -0.306 e. The highest BCUT2D eigenvalue weighted by atomic mass is 32.1. The van der Waals surface area contributed by atoms with Gasteiger partial charge in [0.05, 0.1) is 12.4 Å². The van der Waals surface area contributed by atoms with E-state index < -0.39 is 0 Å². The third-order valence-corrected chi connectivity index (χ3v) is 4.50. The molecule has 2 aromatic heterocycles. The average molecular weight is 298 g/mol. The largest absolute Gasteiger partial charge is 0.306 e. The molecule has 1 N–H and O–H groups in total. The number of aryl methyl sites for hydroxylation is 1. The molecule has 0 saturated carbocycles. The summed E-state index contributed by atoms with van der Waals surface area (Å²) in [4.78, 5) is 8.58. The first kappa shape index (κ1) is 14.0. The monoisotopic (exact) mass is 298 g/mol. The maximum absolute atomic E-state index is 4.52. The van der Waals surface area contributed by atoms with Gasteiger partial charge in [-0.15, -0.1) is 11.3 Å². The molecule has 108 valence electrons. The lowest BCUT2D eigenvalue weighted by Crippen LogP contribution is -2.17. The van der Waals surface area contributed by atoms with Crippen molar-refractivity contribution in [3.05, 3.63) is 64.6 Å². The predicted octanol–water partition coefficient (Wildman–Crippen LogP) is 3.49. The number of thiazole rings is 1. The van der Waals surface area contributed by atoms with E-state index in [0.717, 1.165) is 22.9 Å². The Morgan fingerprint density at radius 3 is 2.71 bits per heavy atom. The molecule has 0 aliphatic rings. The van der Waals surface area contributed by atoms with Gasteiger partial charge in [-0.3, -0.25) is 0 Å². The second-order valence-electron chi connectivity index (χ2n) is 5.07. The van der Waals surface area contributed by atoms with Crippen LogP contribution in [0, 0.1) is 6.92 Å². The van der Waals surface area contributed by atoms with Crippen LogP contribution < -0.4 is 5.32 Å². The van der Waals surface area contributed by atoms with E-state index in [1.165, 1.54) is 5.56 Å². The molecule has 3 aromatic rings. The van der Waals surface area contributed by atoms with Gasteiger partial charge in [0.1, 0.15) is 5.01 Å². The van der Waals surface area contributed by atoms with Crippen LogP contribution in [0.15, 0.2) is 48.4 Å². The predicted molar refractivity (Wildman–Crippen MR) is 85.7 cm³/mol. The third-order valence-electron chi connectivity index (χ3n) is 3.36. The summed E-state index contributed by atoms with van der Waals surface area (Å²) < 4.78 is 2.00. The molecule has 0 radical (unpaired) electrons. The molecule has 2 heterocycles. The Morgan fingerprint density at radius 2 is 2.10 bits per heavy atom. The fraction of sp³-hybridized carbons (Fsp3) is 0.250. The van der Waals surface area contributed by atoms with Gasteiger partial charge in [0, 0.05) is 35.7 Å². The molecule has 0 aliphatic carbocycles. The van der Waals surface area contributed by atoms with Crippen LogP contribution in [0.25, 0.3) is 5.69 Å². The van der Waals surface area contributed by atoms with Crippen LogP contribution in [0.4, 0.5) is 0 Å². The van der Waals surface area contributed by atoms with Gasteiger partial charge in [-0.05, 0) is 31.5 Å². The van der Waals surface area contributed by atoms with Crippen LogP contribution in [-0.4, -0.2) is 14.5 Å². The highest BCUT2D eigenvalue weighted by molar-refractivity contribution is 7.09. The van der Waals surface area contributed by atoms with E-state index in [4.69, 9.17) is 0 Å².